The third-order valence-corrected chi connectivity index (χ3v) is 3.21. The van der Waals surface area contributed by atoms with Crippen LogP contribution in [0, 0.1) is 19.8 Å². The van der Waals surface area contributed by atoms with E-state index in [9.17, 15) is 4.79 Å². The van der Waals surface area contributed by atoms with Crippen molar-refractivity contribution >= 4 is 5.97 Å². The second kappa shape index (κ2) is 4.28. The second-order valence-corrected chi connectivity index (χ2v) is 4.56. The molecule has 0 aromatic heterocycles. The molecule has 2 heteroatoms. The van der Waals surface area contributed by atoms with Crippen molar-refractivity contribution < 1.29 is 9.53 Å². The molecule has 0 spiro atoms. The van der Waals surface area contributed by atoms with Crippen LogP contribution >= 0.6 is 0 Å². The molecule has 0 bridgehead atoms. The van der Waals surface area contributed by atoms with E-state index >= 15 is 0 Å². The molecule has 2 nitrogen and oxygen atoms in total. The highest BCUT2D eigenvalue weighted by atomic mass is 16.5. The smallest absolute Gasteiger partial charge is 0.309 e. The maximum atomic E-state index is 11.6. The highest BCUT2D eigenvalue weighted by Gasteiger charge is 2.45. The Labute approximate surface area is 96.6 Å². The molecule has 1 aromatic carbocycles. The van der Waals surface area contributed by atoms with Crippen LogP contribution in [0.25, 0.3) is 0 Å². The molecule has 0 N–H and O–H groups in total. The second-order valence-electron chi connectivity index (χ2n) is 4.56. The van der Waals surface area contributed by atoms with Gasteiger partial charge in [0.2, 0.25) is 0 Å². The summed E-state index contributed by atoms with van der Waals surface area (Å²) in [6.07, 6.45) is 0.948. The molecule has 0 unspecified atom stereocenters. The lowest BCUT2D eigenvalue weighted by molar-refractivity contribution is -0.144. The molecule has 1 saturated carbocycles. The maximum Gasteiger partial charge on any atom is 0.309 e. The largest absolute Gasteiger partial charge is 0.466 e. The van der Waals surface area contributed by atoms with Gasteiger partial charge in [-0.25, -0.2) is 0 Å². The van der Waals surface area contributed by atoms with Gasteiger partial charge in [-0.05, 0) is 44.2 Å². The van der Waals surface area contributed by atoms with Crippen molar-refractivity contribution in [1.82, 2.24) is 0 Å². The van der Waals surface area contributed by atoms with Gasteiger partial charge in [-0.1, -0.05) is 23.8 Å². The number of hydrogen-bond acceptors (Lipinski definition) is 2. The summed E-state index contributed by atoms with van der Waals surface area (Å²) in [6, 6.07) is 6.44. The average Bonchev–Trinajstić information content (AvgIpc) is 3.02. The van der Waals surface area contributed by atoms with Crippen molar-refractivity contribution in [3.05, 3.63) is 34.9 Å². The normalized spacial score (nSPS) is 22.9. The molecular formula is C14H18O2. The summed E-state index contributed by atoms with van der Waals surface area (Å²) in [4.78, 5) is 11.6. The Hall–Kier alpha value is -1.31. The van der Waals surface area contributed by atoms with Crippen molar-refractivity contribution in [2.75, 3.05) is 6.61 Å². The van der Waals surface area contributed by atoms with Gasteiger partial charge in [0.05, 0.1) is 12.5 Å². The Bertz CT molecular complexity index is 409. The molecule has 1 aliphatic rings. The Morgan fingerprint density at radius 2 is 2.19 bits per heavy atom. The predicted octanol–water partition coefficient (Wildman–Crippen LogP) is 2.97. The molecule has 1 aromatic rings. The van der Waals surface area contributed by atoms with Crippen molar-refractivity contribution in [1.29, 1.82) is 0 Å². The fourth-order valence-electron chi connectivity index (χ4n) is 2.21. The van der Waals surface area contributed by atoms with Crippen LogP contribution in [-0.4, -0.2) is 12.6 Å². The summed E-state index contributed by atoms with van der Waals surface area (Å²) >= 11 is 0. The van der Waals surface area contributed by atoms with Crippen LogP contribution < -0.4 is 0 Å². The highest BCUT2D eigenvalue weighted by molar-refractivity contribution is 5.77. The molecule has 0 radical (unpaired) electrons. The van der Waals surface area contributed by atoms with Gasteiger partial charge < -0.3 is 4.74 Å². The Kier molecular flexibility index (Phi) is 2.99. The first-order valence-electron chi connectivity index (χ1n) is 5.87. The fourth-order valence-corrected chi connectivity index (χ4v) is 2.21. The number of benzene rings is 1. The number of hydrogen-bond donors (Lipinski definition) is 0. The van der Waals surface area contributed by atoms with Gasteiger partial charge >= 0.3 is 5.97 Å². The number of carbonyl (C=O) groups excluding carboxylic acids is 1. The zero-order valence-corrected chi connectivity index (χ0v) is 10.1. The van der Waals surface area contributed by atoms with E-state index < -0.39 is 0 Å². The van der Waals surface area contributed by atoms with E-state index in [-0.39, 0.29) is 11.9 Å². The molecule has 16 heavy (non-hydrogen) atoms. The standard InChI is InChI=1S/C14H18O2/c1-4-16-14(15)13-8-12(13)11-7-9(2)5-6-10(11)3/h5-7,12-13H,4,8H2,1-3H3/t12-,13+/m0/s1. The quantitative estimate of drug-likeness (QED) is 0.729. The summed E-state index contributed by atoms with van der Waals surface area (Å²) in [7, 11) is 0. The van der Waals surface area contributed by atoms with Crippen LogP contribution in [0.2, 0.25) is 0 Å². The molecule has 0 saturated heterocycles. The van der Waals surface area contributed by atoms with E-state index in [2.05, 4.69) is 32.0 Å². The molecule has 0 amide bonds. The van der Waals surface area contributed by atoms with E-state index in [1.807, 2.05) is 6.92 Å². The van der Waals surface area contributed by atoms with E-state index in [4.69, 9.17) is 4.74 Å². The van der Waals surface area contributed by atoms with Gasteiger partial charge in [-0.15, -0.1) is 0 Å². The summed E-state index contributed by atoms with van der Waals surface area (Å²) in [6.45, 7) is 6.53. The number of ether oxygens (including phenoxy) is 1. The van der Waals surface area contributed by atoms with E-state index in [0.717, 1.165) is 6.42 Å². The van der Waals surface area contributed by atoms with Crippen molar-refractivity contribution in [2.24, 2.45) is 5.92 Å². The lowest BCUT2D eigenvalue weighted by atomic mass is 10.0. The summed E-state index contributed by atoms with van der Waals surface area (Å²) in [5, 5.41) is 0. The lowest BCUT2D eigenvalue weighted by Gasteiger charge is -2.06. The van der Waals surface area contributed by atoms with Crippen molar-refractivity contribution in [3.8, 4) is 0 Å². The minimum Gasteiger partial charge on any atom is -0.466 e. The van der Waals surface area contributed by atoms with Crippen LogP contribution in [0.3, 0.4) is 0 Å². The monoisotopic (exact) mass is 218 g/mol. The number of esters is 1. The van der Waals surface area contributed by atoms with Gasteiger partial charge in [0.25, 0.3) is 0 Å². The summed E-state index contributed by atoms with van der Waals surface area (Å²) in [5.74, 6) is 0.452. The molecule has 1 fully saturated rings. The molecule has 2 atom stereocenters. The van der Waals surface area contributed by atoms with Crippen molar-refractivity contribution in [2.45, 2.75) is 33.1 Å². The van der Waals surface area contributed by atoms with Gasteiger partial charge in [0.1, 0.15) is 0 Å². The summed E-state index contributed by atoms with van der Waals surface area (Å²) in [5.41, 5.74) is 3.86. The van der Waals surface area contributed by atoms with E-state index in [1.54, 1.807) is 0 Å². The van der Waals surface area contributed by atoms with Crippen LogP contribution in [0.5, 0.6) is 0 Å². The molecular weight excluding hydrogens is 200 g/mol. The van der Waals surface area contributed by atoms with Crippen LogP contribution in [0.4, 0.5) is 0 Å². The SMILES string of the molecule is CCOC(=O)[C@@H]1C[C@H]1c1cc(C)ccc1C. The third kappa shape index (κ3) is 2.11. The Morgan fingerprint density at radius 1 is 1.44 bits per heavy atom. The van der Waals surface area contributed by atoms with Crippen LogP contribution in [-0.2, 0) is 9.53 Å². The molecule has 1 aliphatic carbocycles. The zero-order chi connectivity index (χ0) is 11.7. The third-order valence-electron chi connectivity index (χ3n) is 3.21. The zero-order valence-electron chi connectivity index (χ0n) is 10.1. The molecule has 86 valence electrons. The average molecular weight is 218 g/mol. The number of carbonyl (C=O) groups is 1. The minimum atomic E-state index is -0.0339. The number of aryl methyl sites for hydroxylation is 2. The van der Waals surface area contributed by atoms with E-state index in [1.165, 1.54) is 16.7 Å². The van der Waals surface area contributed by atoms with Gasteiger partial charge in [-0.3, -0.25) is 4.79 Å². The van der Waals surface area contributed by atoms with Gasteiger partial charge in [0, 0.05) is 0 Å². The predicted molar refractivity (Wildman–Crippen MR) is 63.4 cm³/mol. The van der Waals surface area contributed by atoms with E-state index in [0.29, 0.717) is 12.5 Å². The Morgan fingerprint density at radius 3 is 2.88 bits per heavy atom. The highest BCUT2D eigenvalue weighted by Crippen LogP contribution is 2.49. The Balaban J connectivity index is 2.11. The van der Waals surface area contributed by atoms with Gasteiger partial charge in [0.15, 0.2) is 0 Å². The molecule has 2 rings (SSSR count). The fraction of sp³-hybridized carbons (Fsp3) is 0.500. The minimum absolute atomic E-state index is 0.0339. The topological polar surface area (TPSA) is 26.3 Å². The first-order chi connectivity index (χ1) is 7.63. The maximum absolute atomic E-state index is 11.6. The lowest BCUT2D eigenvalue weighted by Crippen LogP contribution is -2.07. The van der Waals surface area contributed by atoms with Gasteiger partial charge in [-0.2, -0.15) is 0 Å². The molecule has 0 aliphatic heterocycles. The summed E-state index contributed by atoms with van der Waals surface area (Å²) < 4.78 is 5.05. The number of rotatable bonds is 3. The first-order valence-corrected chi connectivity index (χ1v) is 5.87. The van der Waals surface area contributed by atoms with Crippen LogP contribution in [0.15, 0.2) is 18.2 Å². The first kappa shape index (κ1) is 11.2. The molecule has 0 heterocycles. The van der Waals surface area contributed by atoms with Crippen LogP contribution in [0.1, 0.15) is 36.0 Å². The van der Waals surface area contributed by atoms with Crippen molar-refractivity contribution in [3.63, 3.8) is 0 Å².